The topological polar surface area (TPSA) is 12.0 Å². The minimum Gasteiger partial charge on any atom is -0.316 e. The van der Waals surface area contributed by atoms with E-state index in [2.05, 4.69) is 5.32 Å². The van der Waals surface area contributed by atoms with Gasteiger partial charge in [-0.3, -0.25) is 0 Å². The van der Waals surface area contributed by atoms with Crippen LogP contribution in [0.3, 0.4) is 0 Å². The summed E-state index contributed by atoms with van der Waals surface area (Å²) in [5.41, 5.74) is 1.13. The van der Waals surface area contributed by atoms with Crippen molar-refractivity contribution in [2.75, 3.05) is 13.1 Å². The van der Waals surface area contributed by atoms with Crippen molar-refractivity contribution in [3.63, 3.8) is 0 Å². The minimum absolute atomic E-state index is 0.230. The van der Waals surface area contributed by atoms with Crippen molar-refractivity contribution in [2.24, 2.45) is 5.92 Å². The van der Waals surface area contributed by atoms with Gasteiger partial charge in [-0.25, -0.2) is 4.39 Å². The van der Waals surface area contributed by atoms with Crippen LogP contribution in [-0.2, 0) is 6.42 Å². The Morgan fingerprint density at radius 2 is 2.36 bits per heavy atom. The smallest absolute Gasteiger partial charge is 0.141 e. The summed E-state index contributed by atoms with van der Waals surface area (Å²) in [6, 6.07) is 4.99. The van der Waals surface area contributed by atoms with Gasteiger partial charge in [-0.1, -0.05) is 17.7 Å². The maximum atomic E-state index is 12.9. The molecule has 0 aromatic heterocycles. The largest absolute Gasteiger partial charge is 0.316 e. The molecule has 0 aliphatic carbocycles. The average Bonchev–Trinajstić information content (AvgIpc) is 2.64. The number of rotatable bonds is 2. The van der Waals surface area contributed by atoms with E-state index in [0.29, 0.717) is 5.92 Å². The third-order valence-corrected chi connectivity index (χ3v) is 2.96. The van der Waals surface area contributed by atoms with Crippen LogP contribution in [0.15, 0.2) is 18.2 Å². The van der Waals surface area contributed by atoms with Gasteiger partial charge in [0.25, 0.3) is 0 Å². The summed E-state index contributed by atoms with van der Waals surface area (Å²) in [6.45, 7) is 2.16. The first kappa shape index (κ1) is 9.94. The first-order chi connectivity index (χ1) is 6.75. The Labute approximate surface area is 88.3 Å². The lowest BCUT2D eigenvalue weighted by atomic mass is 9.99. The first-order valence-electron chi connectivity index (χ1n) is 4.90. The molecule has 1 atom stereocenters. The van der Waals surface area contributed by atoms with Crippen molar-refractivity contribution in [3.8, 4) is 0 Å². The van der Waals surface area contributed by atoms with Crippen molar-refractivity contribution >= 4 is 11.6 Å². The molecule has 1 aliphatic heterocycles. The van der Waals surface area contributed by atoms with Crippen molar-refractivity contribution in [1.29, 1.82) is 0 Å². The van der Waals surface area contributed by atoms with Crippen LogP contribution in [0, 0.1) is 11.7 Å². The zero-order valence-electron chi connectivity index (χ0n) is 7.89. The van der Waals surface area contributed by atoms with E-state index in [1.54, 1.807) is 6.07 Å². The van der Waals surface area contributed by atoms with Gasteiger partial charge < -0.3 is 5.32 Å². The molecule has 0 bridgehead atoms. The Kier molecular flexibility index (Phi) is 3.04. The lowest BCUT2D eigenvalue weighted by Gasteiger charge is -2.08. The zero-order chi connectivity index (χ0) is 9.97. The molecule has 76 valence electrons. The van der Waals surface area contributed by atoms with Crippen LogP contribution in [0.4, 0.5) is 4.39 Å². The Morgan fingerprint density at radius 1 is 1.50 bits per heavy atom. The molecule has 1 aromatic rings. The monoisotopic (exact) mass is 213 g/mol. The van der Waals surface area contributed by atoms with E-state index >= 15 is 0 Å². The highest BCUT2D eigenvalue weighted by Crippen LogP contribution is 2.20. The molecule has 2 rings (SSSR count). The van der Waals surface area contributed by atoms with Crippen LogP contribution in [-0.4, -0.2) is 13.1 Å². The van der Waals surface area contributed by atoms with Crippen molar-refractivity contribution in [3.05, 3.63) is 34.6 Å². The third-order valence-electron chi connectivity index (χ3n) is 2.67. The Hall–Kier alpha value is -0.600. The standard InChI is InChI=1S/C11H13ClFN/c12-10-6-8(1-2-11(10)13)5-9-3-4-14-7-9/h1-2,6,9,14H,3-5,7H2. The fourth-order valence-electron chi connectivity index (χ4n) is 1.89. The van der Waals surface area contributed by atoms with Crippen molar-refractivity contribution < 1.29 is 4.39 Å². The lowest BCUT2D eigenvalue weighted by molar-refractivity contribution is 0.577. The quantitative estimate of drug-likeness (QED) is 0.797. The predicted octanol–water partition coefficient (Wildman–Crippen LogP) is 2.63. The molecule has 1 heterocycles. The van der Waals surface area contributed by atoms with Crippen LogP contribution in [0.25, 0.3) is 0 Å². The highest BCUT2D eigenvalue weighted by atomic mass is 35.5. The van der Waals surface area contributed by atoms with E-state index in [-0.39, 0.29) is 10.8 Å². The third kappa shape index (κ3) is 2.25. The molecular weight excluding hydrogens is 201 g/mol. The molecule has 1 aromatic carbocycles. The molecule has 1 saturated heterocycles. The summed E-state index contributed by atoms with van der Waals surface area (Å²) < 4.78 is 12.9. The maximum Gasteiger partial charge on any atom is 0.141 e. The second kappa shape index (κ2) is 4.28. The molecule has 14 heavy (non-hydrogen) atoms. The first-order valence-corrected chi connectivity index (χ1v) is 5.28. The maximum absolute atomic E-state index is 12.9. The number of hydrogen-bond donors (Lipinski definition) is 1. The number of nitrogens with one attached hydrogen (secondary N) is 1. The number of benzene rings is 1. The summed E-state index contributed by atoms with van der Waals surface area (Å²) in [5, 5.41) is 3.54. The molecule has 1 N–H and O–H groups in total. The van der Waals surface area contributed by atoms with E-state index < -0.39 is 0 Å². The fraction of sp³-hybridized carbons (Fsp3) is 0.455. The summed E-state index contributed by atoms with van der Waals surface area (Å²) in [7, 11) is 0. The molecule has 0 saturated carbocycles. The van der Waals surface area contributed by atoms with Crippen LogP contribution < -0.4 is 5.32 Å². The van der Waals surface area contributed by atoms with Crippen molar-refractivity contribution in [1.82, 2.24) is 5.32 Å². The van der Waals surface area contributed by atoms with Crippen LogP contribution in [0.5, 0.6) is 0 Å². The fourth-order valence-corrected chi connectivity index (χ4v) is 2.09. The van der Waals surface area contributed by atoms with E-state index in [9.17, 15) is 4.39 Å². The van der Waals surface area contributed by atoms with E-state index in [0.717, 1.165) is 25.1 Å². The molecule has 0 amide bonds. The minimum atomic E-state index is -0.333. The Morgan fingerprint density at radius 3 is 3.00 bits per heavy atom. The molecule has 1 nitrogen and oxygen atoms in total. The van der Waals surface area contributed by atoms with Gasteiger partial charge in [0.1, 0.15) is 5.82 Å². The van der Waals surface area contributed by atoms with Crippen LogP contribution >= 0.6 is 11.6 Å². The van der Waals surface area contributed by atoms with Crippen LogP contribution in [0.1, 0.15) is 12.0 Å². The zero-order valence-corrected chi connectivity index (χ0v) is 8.65. The van der Waals surface area contributed by atoms with E-state index in [1.807, 2.05) is 6.07 Å². The Bertz CT molecular complexity index is 321. The summed E-state index contributed by atoms with van der Waals surface area (Å²) in [4.78, 5) is 0. The summed E-state index contributed by atoms with van der Waals surface area (Å²) in [6.07, 6.45) is 2.20. The summed E-state index contributed by atoms with van der Waals surface area (Å²) in [5.74, 6) is 0.344. The van der Waals surface area contributed by atoms with E-state index in [4.69, 9.17) is 11.6 Å². The second-order valence-electron chi connectivity index (χ2n) is 3.81. The molecule has 0 spiro atoms. The van der Waals surface area contributed by atoms with Crippen molar-refractivity contribution in [2.45, 2.75) is 12.8 Å². The average molecular weight is 214 g/mol. The molecule has 1 unspecified atom stereocenters. The Balaban J connectivity index is 2.05. The molecule has 0 radical (unpaired) electrons. The predicted molar refractivity (Wildman–Crippen MR) is 56.1 cm³/mol. The van der Waals surface area contributed by atoms with Gasteiger partial charge in [-0.15, -0.1) is 0 Å². The number of hydrogen-bond acceptors (Lipinski definition) is 1. The molecular formula is C11H13ClFN. The number of halogens is 2. The highest BCUT2D eigenvalue weighted by molar-refractivity contribution is 6.30. The van der Waals surface area contributed by atoms with Gasteiger partial charge >= 0.3 is 0 Å². The van der Waals surface area contributed by atoms with Gasteiger partial charge in [0.15, 0.2) is 0 Å². The SMILES string of the molecule is Fc1ccc(CC2CCNC2)cc1Cl. The van der Waals surface area contributed by atoms with Gasteiger partial charge in [0, 0.05) is 0 Å². The van der Waals surface area contributed by atoms with Gasteiger partial charge in [-0.05, 0) is 49.5 Å². The van der Waals surface area contributed by atoms with Gasteiger partial charge in [0.05, 0.1) is 5.02 Å². The van der Waals surface area contributed by atoms with Gasteiger partial charge in [0.2, 0.25) is 0 Å². The van der Waals surface area contributed by atoms with Gasteiger partial charge in [-0.2, -0.15) is 0 Å². The van der Waals surface area contributed by atoms with E-state index in [1.165, 1.54) is 12.5 Å². The molecule has 1 aliphatic rings. The normalized spacial score (nSPS) is 21.4. The summed E-state index contributed by atoms with van der Waals surface area (Å²) >= 11 is 5.71. The second-order valence-corrected chi connectivity index (χ2v) is 4.22. The lowest BCUT2D eigenvalue weighted by Crippen LogP contribution is -2.10. The molecule has 3 heteroatoms. The highest BCUT2D eigenvalue weighted by Gasteiger charge is 2.15. The van der Waals surface area contributed by atoms with Crippen LogP contribution in [0.2, 0.25) is 5.02 Å². The molecule has 1 fully saturated rings.